The first-order chi connectivity index (χ1) is 6.76. The Balaban J connectivity index is 2.58. The van der Waals surface area contributed by atoms with Crippen molar-refractivity contribution in [3.63, 3.8) is 0 Å². The molecular formula is C11H12O3. The van der Waals surface area contributed by atoms with Gasteiger partial charge in [-0.1, -0.05) is 0 Å². The van der Waals surface area contributed by atoms with E-state index in [1.807, 2.05) is 6.07 Å². The molecule has 1 aromatic rings. The van der Waals surface area contributed by atoms with Gasteiger partial charge in [-0.25, -0.2) is 0 Å². The van der Waals surface area contributed by atoms with E-state index in [9.17, 15) is 4.79 Å². The number of benzene rings is 1. The minimum atomic E-state index is 0.178. The first-order valence-corrected chi connectivity index (χ1v) is 4.54. The molecule has 0 radical (unpaired) electrons. The molecule has 14 heavy (non-hydrogen) atoms. The third-order valence-corrected chi connectivity index (χ3v) is 2.54. The van der Waals surface area contributed by atoms with Crippen molar-refractivity contribution in [2.45, 2.75) is 12.8 Å². The molecule has 1 aliphatic carbocycles. The van der Waals surface area contributed by atoms with Gasteiger partial charge in [-0.3, -0.25) is 4.79 Å². The fraction of sp³-hybridized carbons (Fsp3) is 0.364. The molecule has 2 rings (SSSR count). The lowest BCUT2D eigenvalue weighted by Crippen LogP contribution is -1.96. The second-order valence-electron chi connectivity index (χ2n) is 3.28. The number of carbonyl (C=O) groups is 1. The maximum absolute atomic E-state index is 11.5. The van der Waals surface area contributed by atoms with E-state index >= 15 is 0 Å². The van der Waals surface area contributed by atoms with E-state index in [2.05, 4.69) is 0 Å². The third-order valence-electron chi connectivity index (χ3n) is 2.54. The van der Waals surface area contributed by atoms with Crippen LogP contribution >= 0.6 is 0 Å². The average molecular weight is 192 g/mol. The zero-order valence-corrected chi connectivity index (χ0v) is 8.29. The molecule has 0 heterocycles. The minimum Gasteiger partial charge on any atom is -0.497 e. The van der Waals surface area contributed by atoms with Crippen molar-refractivity contribution in [2.24, 2.45) is 0 Å². The Bertz CT molecular complexity index is 382. The molecule has 3 heteroatoms. The molecule has 3 nitrogen and oxygen atoms in total. The summed E-state index contributed by atoms with van der Waals surface area (Å²) in [4.78, 5) is 11.5. The van der Waals surface area contributed by atoms with Crippen molar-refractivity contribution >= 4 is 5.78 Å². The maximum Gasteiger partial charge on any atom is 0.163 e. The molecule has 74 valence electrons. The van der Waals surface area contributed by atoms with Gasteiger partial charge < -0.3 is 9.47 Å². The van der Waals surface area contributed by atoms with Crippen molar-refractivity contribution < 1.29 is 14.3 Å². The molecule has 0 amide bonds. The van der Waals surface area contributed by atoms with Crippen LogP contribution in [0.3, 0.4) is 0 Å². The summed E-state index contributed by atoms with van der Waals surface area (Å²) < 4.78 is 10.3. The predicted octanol–water partition coefficient (Wildman–Crippen LogP) is 1.83. The zero-order chi connectivity index (χ0) is 10.1. The molecule has 0 fully saturated rings. The molecule has 0 bridgehead atoms. The Labute approximate surface area is 82.6 Å². The van der Waals surface area contributed by atoms with Gasteiger partial charge in [-0.15, -0.1) is 0 Å². The van der Waals surface area contributed by atoms with E-state index in [-0.39, 0.29) is 5.78 Å². The van der Waals surface area contributed by atoms with Crippen LogP contribution in [0.25, 0.3) is 0 Å². The number of rotatable bonds is 2. The van der Waals surface area contributed by atoms with Crippen LogP contribution in [0, 0.1) is 0 Å². The van der Waals surface area contributed by atoms with Crippen LogP contribution in [0.1, 0.15) is 22.3 Å². The minimum absolute atomic E-state index is 0.178. The summed E-state index contributed by atoms with van der Waals surface area (Å²) in [5, 5.41) is 0. The molecular weight excluding hydrogens is 180 g/mol. The van der Waals surface area contributed by atoms with Crippen molar-refractivity contribution in [1.82, 2.24) is 0 Å². The SMILES string of the molecule is COc1cc(OC)c2c(c1)C(=O)CC2. The average Bonchev–Trinajstić information content (AvgIpc) is 2.59. The Morgan fingerprint density at radius 1 is 1.14 bits per heavy atom. The number of ether oxygens (including phenoxy) is 2. The Morgan fingerprint density at radius 3 is 2.57 bits per heavy atom. The smallest absolute Gasteiger partial charge is 0.163 e. The van der Waals surface area contributed by atoms with E-state index in [0.717, 1.165) is 23.3 Å². The summed E-state index contributed by atoms with van der Waals surface area (Å²) in [6.07, 6.45) is 1.36. The summed E-state index contributed by atoms with van der Waals surface area (Å²) in [6, 6.07) is 3.60. The van der Waals surface area contributed by atoms with Crippen LogP contribution < -0.4 is 9.47 Å². The summed E-state index contributed by atoms with van der Waals surface area (Å²) in [5.41, 5.74) is 1.76. The summed E-state index contributed by atoms with van der Waals surface area (Å²) in [6.45, 7) is 0. The van der Waals surface area contributed by atoms with Gasteiger partial charge in [0.15, 0.2) is 5.78 Å². The van der Waals surface area contributed by atoms with Crippen molar-refractivity contribution in [2.75, 3.05) is 14.2 Å². The first-order valence-electron chi connectivity index (χ1n) is 4.54. The normalized spacial score (nSPS) is 14.0. The van der Waals surface area contributed by atoms with Crippen LogP contribution in [0.5, 0.6) is 11.5 Å². The fourth-order valence-corrected chi connectivity index (χ4v) is 1.80. The lowest BCUT2D eigenvalue weighted by molar-refractivity contribution is 0.0994. The van der Waals surface area contributed by atoms with Gasteiger partial charge >= 0.3 is 0 Å². The molecule has 0 atom stereocenters. The highest BCUT2D eigenvalue weighted by Crippen LogP contribution is 2.34. The van der Waals surface area contributed by atoms with Gasteiger partial charge in [0.2, 0.25) is 0 Å². The van der Waals surface area contributed by atoms with Crippen molar-refractivity contribution in [3.05, 3.63) is 23.3 Å². The molecule has 0 N–H and O–H groups in total. The van der Waals surface area contributed by atoms with E-state index in [4.69, 9.17) is 9.47 Å². The third kappa shape index (κ3) is 1.25. The molecule has 0 saturated carbocycles. The van der Waals surface area contributed by atoms with Crippen molar-refractivity contribution in [3.8, 4) is 11.5 Å². The Hall–Kier alpha value is -1.51. The van der Waals surface area contributed by atoms with Gasteiger partial charge in [0.05, 0.1) is 14.2 Å². The molecule has 0 aromatic heterocycles. The Kier molecular flexibility index (Phi) is 2.15. The number of hydrogen-bond donors (Lipinski definition) is 0. The molecule has 1 aromatic carbocycles. The van der Waals surface area contributed by atoms with Gasteiger partial charge in [0.25, 0.3) is 0 Å². The lowest BCUT2D eigenvalue weighted by atomic mass is 10.1. The van der Waals surface area contributed by atoms with Crippen LogP contribution in [-0.2, 0) is 6.42 Å². The molecule has 0 aliphatic heterocycles. The van der Waals surface area contributed by atoms with Gasteiger partial charge in [0.1, 0.15) is 11.5 Å². The Morgan fingerprint density at radius 2 is 1.93 bits per heavy atom. The lowest BCUT2D eigenvalue weighted by Gasteiger charge is -2.08. The van der Waals surface area contributed by atoms with E-state index in [0.29, 0.717) is 12.2 Å². The van der Waals surface area contributed by atoms with E-state index < -0.39 is 0 Å². The highest BCUT2D eigenvalue weighted by Gasteiger charge is 2.23. The van der Waals surface area contributed by atoms with E-state index in [1.54, 1.807) is 20.3 Å². The largest absolute Gasteiger partial charge is 0.497 e. The highest BCUT2D eigenvalue weighted by atomic mass is 16.5. The van der Waals surface area contributed by atoms with Crippen molar-refractivity contribution in [1.29, 1.82) is 0 Å². The summed E-state index contributed by atoms with van der Waals surface area (Å²) >= 11 is 0. The number of ketones is 1. The zero-order valence-electron chi connectivity index (χ0n) is 8.29. The number of hydrogen-bond acceptors (Lipinski definition) is 3. The number of methoxy groups -OCH3 is 2. The second kappa shape index (κ2) is 3.33. The molecule has 0 unspecified atom stereocenters. The van der Waals surface area contributed by atoms with Crippen LogP contribution in [0.2, 0.25) is 0 Å². The second-order valence-corrected chi connectivity index (χ2v) is 3.28. The maximum atomic E-state index is 11.5. The summed E-state index contributed by atoms with van der Waals surface area (Å²) in [7, 11) is 3.19. The van der Waals surface area contributed by atoms with Crippen LogP contribution in [-0.4, -0.2) is 20.0 Å². The van der Waals surface area contributed by atoms with Gasteiger partial charge in [0, 0.05) is 23.6 Å². The molecule has 0 spiro atoms. The number of carbonyl (C=O) groups excluding carboxylic acids is 1. The fourth-order valence-electron chi connectivity index (χ4n) is 1.80. The monoisotopic (exact) mass is 192 g/mol. The van der Waals surface area contributed by atoms with Gasteiger partial charge in [-0.05, 0) is 12.5 Å². The highest BCUT2D eigenvalue weighted by molar-refractivity contribution is 6.01. The van der Waals surface area contributed by atoms with Gasteiger partial charge in [-0.2, -0.15) is 0 Å². The van der Waals surface area contributed by atoms with E-state index in [1.165, 1.54) is 0 Å². The first kappa shape index (κ1) is 9.06. The standard InChI is InChI=1S/C11H12O3/c1-13-7-5-9-8(3-4-10(9)12)11(6-7)14-2/h5-6H,3-4H2,1-2H3. The number of fused-ring (bicyclic) bond motifs is 1. The quantitative estimate of drug-likeness (QED) is 0.717. The predicted molar refractivity (Wildman–Crippen MR) is 52.2 cm³/mol. The van der Waals surface area contributed by atoms with Crippen LogP contribution in [0.4, 0.5) is 0 Å². The topological polar surface area (TPSA) is 35.5 Å². The molecule has 1 aliphatic rings. The summed E-state index contributed by atoms with van der Waals surface area (Å²) in [5.74, 6) is 1.61. The van der Waals surface area contributed by atoms with Crippen LogP contribution in [0.15, 0.2) is 12.1 Å². The molecule has 0 saturated heterocycles. The number of Topliss-reactive ketones (excluding diaryl/α,β-unsaturated/α-hetero) is 1.